The first-order valence-electron chi connectivity index (χ1n) is 4.50. The van der Waals surface area contributed by atoms with Crippen LogP contribution in [0.1, 0.15) is 13.3 Å². The van der Waals surface area contributed by atoms with E-state index in [2.05, 4.69) is 10.6 Å². The third-order valence-electron chi connectivity index (χ3n) is 2.10. The van der Waals surface area contributed by atoms with Gasteiger partial charge in [0, 0.05) is 19.1 Å². The minimum absolute atomic E-state index is 0. The van der Waals surface area contributed by atoms with E-state index >= 15 is 0 Å². The first kappa shape index (κ1) is 13.6. The third-order valence-corrected chi connectivity index (χ3v) is 2.10. The molecule has 0 radical (unpaired) electrons. The fourth-order valence-electron chi connectivity index (χ4n) is 1.31. The highest BCUT2D eigenvalue weighted by Crippen LogP contribution is 2.08. The molecule has 4 nitrogen and oxygen atoms in total. The van der Waals surface area contributed by atoms with Gasteiger partial charge < -0.3 is 16.4 Å². The van der Waals surface area contributed by atoms with Crippen LogP contribution in [0.25, 0.3) is 0 Å². The average Bonchev–Trinajstić information content (AvgIpc) is 2.47. The van der Waals surface area contributed by atoms with Gasteiger partial charge in [-0.15, -0.1) is 12.4 Å². The van der Waals surface area contributed by atoms with Crippen molar-refractivity contribution < 1.29 is 9.18 Å². The van der Waals surface area contributed by atoms with E-state index in [1.807, 2.05) is 0 Å². The van der Waals surface area contributed by atoms with Crippen molar-refractivity contribution in [2.45, 2.75) is 31.6 Å². The van der Waals surface area contributed by atoms with Crippen molar-refractivity contribution in [3.63, 3.8) is 0 Å². The van der Waals surface area contributed by atoms with E-state index in [0.717, 1.165) is 0 Å². The fourth-order valence-corrected chi connectivity index (χ4v) is 1.31. The van der Waals surface area contributed by atoms with Crippen LogP contribution in [-0.4, -0.2) is 37.3 Å². The van der Waals surface area contributed by atoms with Gasteiger partial charge in [-0.1, -0.05) is 0 Å². The SMILES string of the molecule is CC(N)C(=O)NC[C@@H]1C[C@H](F)CN1.Cl. The smallest absolute Gasteiger partial charge is 0.236 e. The molecule has 84 valence electrons. The van der Waals surface area contributed by atoms with Crippen LogP contribution in [0.15, 0.2) is 0 Å². The molecule has 1 saturated heterocycles. The number of nitrogens with one attached hydrogen (secondary N) is 2. The number of halogens is 2. The van der Waals surface area contributed by atoms with Crippen LogP contribution < -0.4 is 16.4 Å². The molecule has 1 heterocycles. The lowest BCUT2D eigenvalue weighted by Crippen LogP contribution is -2.43. The maximum atomic E-state index is 12.7. The molecular formula is C8H17ClFN3O. The monoisotopic (exact) mass is 225 g/mol. The van der Waals surface area contributed by atoms with Crippen molar-refractivity contribution >= 4 is 18.3 Å². The number of hydrogen-bond acceptors (Lipinski definition) is 3. The van der Waals surface area contributed by atoms with Gasteiger partial charge in [0.05, 0.1) is 6.04 Å². The van der Waals surface area contributed by atoms with E-state index in [-0.39, 0.29) is 24.4 Å². The Morgan fingerprint density at radius 3 is 2.86 bits per heavy atom. The molecule has 0 aromatic carbocycles. The standard InChI is InChI=1S/C8H16FN3O.ClH/c1-5(10)8(13)12-4-7-2-6(9)3-11-7;/h5-7,11H,2-4,10H2,1H3,(H,12,13);1H/t5?,6-,7-;/m0./s1. The summed E-state index contributed by atoms with van der Waals surface area (Å²) in [6.45, 7) is 2.47. The Kier molecular flexibility index (Phi) is 5.99. The molecule has 0 aromatic heterocycles. The minimum atomic E-state index is -0.780. The lowest BCUT2D eigenvalue weighted by molar-refractivity contribution is -0.122. The molecule has 1 aliphatic rings. The number of alkyl halides is 1. The summed E-state index contributed by atoms with van der Waals surface area (Å²) in [6, 6.07) is -0.444. The van der Waals surface area contributed by atoms with E-state index in [0.29, 0.717) is 19.5 Å². The summed E-state index contributed by atoms with van der Waals surface area (Å²) < 4.78 is 12.7. The Morgan fingerprint density at radius 1 is 1.79 bits per heavy atom. The van der Waals surface area contributed by atoms with Crippen molar-refractivity contribution in [1.82, 2.24) is 10.6 Å². The van der Waals surface area contributed by atoms with Gasteiger partial charge in [-0.05, 0) is 13.3 Å². The van der Waals surface area contributed by atoms with Crippen LogP contribution in [0.4, 0.5) is 4.39 Å². The minimum Gasteiger partial charge on any atom is -0.353 e. The summed E-state index contributed by atoms with van der Waals surface area (Å²) in [4.78, 5) is 11.0. The fraction of sp³-hybridized carbons (Fsp3) is 0.875. The molecule has 1 aliphatic heterocycles. The van der Waals surface area contributed by atoms with E-state index in [9.17, 15) is 9.18 Å². The van der Waals surface area contributed by atoms with E-state index in [1.54, 1.807) is 6.92 Å². The van der Waals surface area contributed by atoms with E-state index in [1.165, 1.54) is 0 Å². The van der Waals surface area contributed by atoms with Crippen molar-refractivity contribution in [1.29, 1.82) is 0 Å². The van der Waals surface area contributed by atoms with Crippen LogP contribution in [0.3, 0.4) is 0 Å². The summed E-state index contributed by atoms with van der Waals surface area (Å²) in [6.07, 6.45) is -0.309. The number of carbonyl (C=O) groups excluding carboxylic acids is 1. The summed E-state index contributed by atoms with van der Waals surface area (Å²) >= 11 is 0. The van der Waals surface area contributed by atoms with Crippen molar-refractivity contribution in [3.8, 4) is 0 Å². The van der Waals surface area contributed by atoms with Gasteiger partial charge in [-0.3, -0.25) is 4.79 Å². The van der Waals surface area contributed by atoms with Gasteiger partial charge in [0.15, 0.2) is 0 Å². The molecular weight excluding hydrogens is 209 g/mol. The molecule has 0 aliphatic carbocycles. The molecule has 0 aromatic rings. The molecule has 1 rings (SSSR count). The van der Waals surface area contributed by atoms with Crippen molar-refractivity contribution in [2.24, 2.45) is 5.73 Å². The number of amides is 1. The van der Waals surface area contributed by atoms with Crippen LogP contribution in [0.5, 0.6) is 0 Å². The number of nitrogens with two attached hydrogens (primary N) is 1. The Morgan fingerprint density at radius 2 is 2.43 bits per heavy atom. The Balaban J connectivity index is 0.00000169. The van der Waals surface area contributed by atoms with Crippen LogP contribution in [0.2, 0.25) is 0 Å². The lowest BCUT2D eigenvalue weighted by Gasteiger charge is -2.12. The van der Waals surface area contributed by atoms with Gasteiger partial charge in [-0.25, -0.2) is 4.39 Å². The molecule has 1 amide bonds. The zero-order chi connectivity index (χ0) is 9.84. The summed E-state index contributed by atoms with van der Waals surface area (Å²) in [5.41, 5.74) is 5.34. The summed E-state index contributed by atoms with van der Waals surface area (Å²) in [5.74, 6) is -0.191. The average molecular weight is 226 g/mol. The number of hydrogen-bond donors (Lipinski definition) is 3. The second-order valence-electron chi connectivity index (χ2n) is 3.47. The zero-order valence-electron chi connectivity index (χ0n) is 8.13. The summed E-state index contributed by atoms with van der Waals surface area (Å²) in [7, 11) is 0. The van der Waals surface area contributed by atoms with Crippen molar-refractivity contribution in [3.05, 3.63) is 0 Å². The van der Waals surface area contributed by atoms with Crippen molar-refractivity contribution in [2.75, 3.05) is 13.1 Å². The Bertz CT molecular complexity index is 191. The highest BCUT2D eigenvalue weighted by atomic mass is 35.5. The predicted octanol–water partition coefficient (Wildman–Crippen LogP) is -0.428. The van der Waals surface area contributed by atoms with E-state index < -0.39 is 12.2 Å². The summed E-state index contributed by atoms with van der Waals surface area (Å²) in [5, 5.41) is 5.62. The molecule has 14 heavy (non-hydrogen) atoms. The number of carbonyl (C=O) groups is 1. The maximum absolute atomic E-state index is 12.7. The highest BCUT2D eigenvalue weighted by molar-refractivity contribution is 5.85. The maximum Gasteiger partial charge on any atom is 0.236 e. The van der Waals surface area contributed by atoms with Crippen LogP contribution >= 0.6 is 12.4 Å². The second kappa shape index (κ2) is 6.16. The highest BCUT2D eigenvalue weighted by Gasteiger charge is 2.23. The first-order chi connectivity index (χ1) is 6.09. The molecule has 0 saturated carbocycles. The quantitative estimate of drug-likeness (QED) is 0.611. The largest absolute Gasteiger partial charge is 0.353 e. The lowest BCUT2D eigenvalue weighted by atomic mass is 10.2. The van der Waals surface area contributed by atoms with Gasteiger partial charge in [-0.2, -0.15) is 0 Å². The van der Waals surface area contributed by atoms with E-state index in [4.69, 9.17) is 5.73 Å². The molecule has 1 fully saturated rings. The molecule has 0 bridgehead atoms. The molecule has 1 unspecified atom stereocenters. The van der Waals surface area contributed by atoms with Gasteiger partial charge >= 0.3 is 0 Å². The first-order valence-corrected chi connectivity index (χ1v) is 4.50. The van der Waals surface area contributed by atoms with Crippen LogP contribution in [0, 0.1) is 0 Å². The molecule has 4 N–H and O–H groups in total. The molecule has 0 spiro atoms. The second-order valence-corrected chi connectivity index (χ2v) is 3.47. The molecule has 6 heteroatoms. The van der Waals surface area contributed by atoms with Crippen LogP contribution in [-0.2, 0) is 4.79 Å². The van der Waals surface area contributed by atoms with Gasteiger partial charge in [0.1, 0.15) is 6.17 Å². The Labute approximate surface area is 89.2 Å². The number of rotatable bonds is 3. The predicted molar refractivity (Wildman–Crippen MR) is 55.2 cm³/mol. The normalized spacial score (nSPS) is 27.9. The van der Waals surface area contributed by atoms with Gasteiger partial charge in [0.25, 0.3) is 0 Å². The zero-order valence-corrected chi connectivity index (χ0v) is 8.94. The van der Waals surface area contributed by atoms with Gasteiger partial charge in [0.2, 0.25) is 5.91 Å². The third kappa shape index (κ3) is 4.21. The molecule has 3 atom stereocenters. The topological polar surface area (TPSA) is 67.2 Å². The Hall–Kier alpha value is -0.390.